The molecule has 1 amide bonds. The number of hydrogen-bond donors (Lipinski definition) is 1. The summed E-state index contributed by atoms with van der Waals surface area (Å²) in [4.78, 5) is 14.6. The molecular weight excluding hydrogens is 252 g/mol. The van der Waals surface area contributed by atoms with Crippen molar-refractivity contribution in [3.8, 4) is 0 Å². The summed E-state index contributed by atoms with van der Waals surface area (Å²) in [5, 5.41) is 12.1. The minimum absolute atomic E-state index is 0.266. The van der Waals surface area contributed by atoms with Gasteiger partial charge in [0.1, 0.15) is 0 Å². The number of rotatable bonds is 1. The fraction of sp³-hybridized carbons (Fsp3) is 0.875. The molecule has 0 bridgehead atoms. The van der Waals surface area contributed by atoms with E-state index >= 15 is 0 Å². The lowest BCUT2D eigenvalue weighted by atomic mass is 9.67. The predicted octanol–water partition coefficient (Wildman–Crippen LogP) is 3.05. The number of likely N-dealkylation sites (tertiary alicyclic amines) is 1. The average molecular weight is 278 g/mol. The standard InChI is InChI=1S/C16H26N2O2/c19-16(18-9-7-15(17-20)8-10-18)14-6-5-12-3-1-2-4-13(12)11-14/h12-14,20H,1-11H2. The Bertz CT molecular complexity index is 384. The zero-order valence-corrected chi connectivity index (χ0v) is 12.3. The molecule has 20 heavy (non-hydrogen) atoms. The number of nitrogens with zero attached hydrogens (tertiary/aromatic N) is 2. The van der Waals surface area contributed by atoms with Gasteiger partial charge in [0.25, 0.3) is 0 Å². The number of oxime groups is 1. The highest BCUT2D eigenvalue weighted by atomic mass is 16.4. The topological polar surface area (TPSA) is 52.9 Å². The molecule has 2 aliphatic carbocycles. The van der Waals surface area contributed by atoms with Crippen molar-refractivity contribution in [2.75, 3.05) is 13.1 Å². The molecule has 1 N–H and O–H groups in total. The van der Waals surface area contributed by atoms with Gasteiger partial charge < -0.3 is 10.1 Å². The lowest BCUT2D eigenvalue weighted by Crippen LogP contribution is -2.44. The van der Waals surface area contributed by atoms with Crippen LogP contribution in [0, 0.1) is 17.8 Å². The van der Waals surface area contributed by atoms with Gasteiger partial charge in [-0.05, 0) is 31.1 Å². The summed E-state index contributed by atoms with van der Waals surface area (Å²) in [5.74, 6) is 2.35. The van der Waals surface area contributed by atoms with Crippen LogP contribution in [0.4, 0.5) is 0 Å². The molecule has 3 aliphatic rings. The van der Waals surface area contributed by atoms with Gasteiger partial charge >= 0.3 is 0 Å². The van der Waals surface area contributed by atoms with E-state index in [2.05, 4.69) is 5.16 Å². The zero-order valence-electron chi connectivity index (χ0n) is 12.3. The Balaban J connectivity index is 1.55. The van der Waals surface area contributed by atoms with E-state index in [4.69, 9.17) is 5.21 Å². The second kappa shape index (κ2) is 6.15. The highest BCUT2D eigenvalue weighted by Gasteiger charge is 2.36. The summed E-state index contributed by atoms with van der Waals surface area (Å²) in [5.41, 5.74) is 0.838. The number of fused-ring (bicyclic) bond motifs is 1. The van der Waals surface area contributed by atoms with E-state index in [9.17, 15) is 4.79 Å². The van der Waals surface area contributed by atoms with Gasteiger partial charge in [0.2, 0.25) is 5.91 Å². The molecule has 4 nitrogen and oxygen atoms in total. The maximum Gasteiger partial charge on any atom is 0.225 e. The molecule has 0 aromatic carbocycles. The molecule has 0 aromatic heterocycles. The van der Waals surface area contributed by atoms with Gasteiger partial charge in [-0.2, -0.15) is 0 Å². The molecule has 1 aliphatic heterocycles. The van der Waals surface area contributed by atoms with Crippen molar-refractivity contribution in [3.05, 3.63) is 0 Å². The molecule has 112 valence electrons. The smallest absolute Gasteiger partial charge is 0.225 e. The van der Waals surface area contributed by atoms with Crippen LogP contribution in [0.1, 0.15) is 57.8 Å². The summed E-state index contributed by atoms with van der Waals surface area (Å²) in [6.07, 6.45) is 10.5. The van der Waals surface area contributed by atoms with Gasteiger partial charge in [-0.25, -0.2) is 0 Å². The molecule has 0 radical (unpaired) electrons. The third-order valence-electron chi connectivity index (χ3n) is 5.68. The van der Waals surface area contributed by atoms with E-state index < -0.39 is 0 Å². The summed E-state index contributed by atoms with van der Waals surface area (Å²) >= 11 is 0. The minimum atomic E-state index is 0.266. The van der Waals surface area contributed by atoms with Gasteiger partial charge in [0.05, 0.1) is 5.71 Å². The van der Waals surface area contributed by atoms with Crippen molar-refractivity contribution in [3.63, 3.8) is 0 Å². The molecule has 3 atom stereocenters. The number of carbonyl (C=O) groups is 1. The van der Waals surface area contributed by atoms with Gasteiger partial charge in [0, 0.05) is 31.8 Å². The highest BCUT2D eigenvalue weighted by molar-refractivity contribution is 5.87. The van der Waals surface area contributed by atoms with Crippen LogP contribution in [-0.2, 0) is 4.79 Å². The van der Waals surface area contributed by atoms with Gasteiger partial charge in [0.15, 0.2) is 0 Å². The lowest BCUT2D eigenvalue weighted by Gasteiger charge is -2.40. The third kappa shape index (κ3) is 2.84. The van der Waals surface area contributed by atoms with Gasteiger partial charge in [-0.3, -0.25) is 4.79 Å². The first-order valence-electron chi connectivity index (χ1n) is 8.26. The maximum atomic E-state index is 12.6. The molecule has 3 unspecified atom stereocenters. The van der Waals surface area contributed by atoms with Crippen molar-refractivity contribution in [2.24, 2.45) is 22.9 Å². The SMILES string of the molecule is O=C(C1CCC2CCCCC2C1)N1CCC(=NO)CC1. The molecule has 3 rings (SSSR count). The number of carbonyl (C=O) groups excluding carboxylic acids is 1. The van der Waals surface area contributed by atoms with E-state index in [0.717, 1.165) is 56.3 Å². The average Bonchev–Trinajstić information content (AvgIpc) is 2.54. The van der Waals surface area contributed by atoms with Crippen LogP contribution in [0.15, 0.2) is 5.16 Å². The molecule has 1 heterocycles. The Morgan fingerprint density at radius 3 is 2.45 bits per heavy atom. The fourth-order valence-electron chi connectivity index (χ4n) is 4.44. The largest absolute Gasteiger partial charge is 0.411 e. The monoisotopic (exact) mass is 278 g/mol. The first kappa shape index (κ1) is 13.9. The summed E-state index contributed by atoms with van der Waals surface area (Å²) < 4.78 is 0. The number of hydrogen-bond acceptors (Lipinski definition) is 3. The van der Waals surface area contributed by atoms with E-state index in [0.29, 0.717) is 5.91 Å². The number of piperidine rings is 1. The first-order chi connectivity index (χ1) is 9.78. The summed E-state index contributed by atoms with van der Waals surface area (Å²) in [7, 11) is 0. The summed E-state index contributed by atoms with van der Waals surface area (Å²) in [6.45, 7) is 1.48. The van der Waals surface area contributed by atoms with Crippen LogP contribution in [-0.4, -0.2) is 34.8 Å². The quantitative estimate of drug-likeness (QED) is 0.592. The van der Waals surface area contributed by atoms with E-state index in [1.54, 1.807) is 0 Å². The van der Waals surface area contributed by atoms with Crippen molar-refractivity contribution < 1.29 is 10.0 Å². The molecule has 4 heteroatoms. The van der Waals surface area contributed by atoms with Gasteiger partial charge in [-0.15, -0.1) is 0 Å². The lowest BCUT2D eigenvalue weighted by molar-refractivity contribution is -0.138. The molecular formula is C16H26N2O2. The second-order valence-corrected chi connectivity index (χ2v) is 6.81. The fourth-order valence-corrected chi connectivity index (χ4v) is 4.44. The van der Waals surface area contributed by atoms with Crippen molar-refractivity contribution in [1.82, 2.24) is 4.90 Å². The van der Waals surface area contributed by atoms with Crippen LogP contribution < -0.4 is 0 Å². The van der Waals surface area contributed by atoms with Crippen molar-refractivity contribution in [2.45, 2.75) is 57.8 Å². The van der Waals surface area contributed by atoms with Crippen LogP contribution in [0.5, 0.6) is 0 Å². The van der Waals surface area contributed by atoms with Crippen LogP contribution in [0.3, 0.4) is 0 Å². The Morgan fingerprint density at radius 1 is 1.05 bits per heavy atom. The molecule has 3 fully saturated rings. The maximum absolute atomic E-state index is 12.6. The number of amides is 1. The first-order valence-corrected chi connectivity index (χ1v) is 8.26. The minimum Gasteiger partial charge on any atom is -0.411 e. The van der Waals surface area contributed by atoms with Crippen LogP contribution >= 0.6 is 0 Å². The normalized spacial score (nSPS) is 34.5. The van der Waals surface area contributed by atoms with E-state index in [1.807, 2.05) is 4.90 Å². The Morgan fingerprint density at radius 2 is 1.75 bits per heavy atom. The molecule has 2 saturated carbocycles. The second-order valence-electron chi connectivity index (χ2n) is 6.81. The Hall–Kier alpha value is -1.06. The predicted molar refractivity (Wildman–Crippen MR) is 77.8 cm³/mol. The van der Waals surface area contributed by atoms with Crippen LogP contribution in [0.25, 0.3) is 0 Å². The molecule has 1 saturated heterocycles. The Kier molecular flexibility index (Phi) is 4.27. The molecule has 0 spiro atoms. The third-order valence-corrected chi connectivity index (χ3v) is 5.68. The highest BCUT2D eigenvalue weighted by Crippen LogP contribution is 2.43. The van der Waals surface area contributed by atoms with Crippen LogP contribution in [0.2, 0.25) is 0 Å². The van der Waals surface area contributed by atoms with E-state index in [1.165, 1.54) is 32.1 Å². The zero-order chi connectivity index (χ0) is 13.9. The molecule has 0 aromatic rings. The Labute approximate surface area is 121 Å². The van der Waals surface area contributed by atoms with E-state index in [-0.39, 0.29) is 5.92 Å². The van der Waals surface area contributed by atoms with Crippen molar-refractivity contribution >= 4 is 11.6 Å². The van der Waals surface area contributed by atoms with Crippen molar-refractivity contribution in [1.29, 1.82) is 0 Å². The van der Waals surface area contributed by atoms with Gasteiger partial charge in [-0.1, -0.05) is 30.8 Å². The summed E-state index contributed by atoms with van der Waals surface area (Å²) in [6, 6.07) is 0.